The first-order valence-corrected chi connectivity index (χ1v) is 11.4. The van der Waals surface area contributed by atoms with Gasteiger partial charge in [0.15, 0.2) is 0 Å². The lowest BCUT2D eigenvalue weighted by atomic mass is 10.0. The molecule has 35 heavy (non-hydrogen) atoms. The molecule has 6 rings (SSSR count). The van der Waals surface area contributed by atoms with Crippen molar-refractivity contribution in [2.24, 2.45) is 0 Å². The van der Waals surface area contributed by atoms with Crippen molar-refractivity contribution in [3.05, 3.63) is 102 Å². The molecule has 4 aromatic rings. The average Bonchev–Trinajstić information content (AvgIpc) is 3.50. The van der Waals surface area contributed by atoms with Crippen molar-refractivity contribution < 1.29 is 14.0 Å². The maximum Gasteiger partial charge on any atom is 0.255 e. The minimum atomic E-state index is -0.744. The first kappa shape index (κ1) is 21.1. The lowest BCUT2D eigenvalue weighted by Gasteiger charge is -2.30. The van der Waals surface area contributed by atoms with E-state index in [2.05, 4.69) is 15.5 Å². The molecule has 2 aliphatic rings. The number of hydrogen-bond acceptors (Lipinski definition) is 4. The largest absolute Gasteiger partial charge is 0.381 e. The fourth-order valence-corrected chi connectivity index (χ4v) is 4.81. The van der Waals surface area contributed by atoms with Gasteiger partial charge in [0.1, 0.15) is 11.9 Å². The number of aromatic nitrogens is 2. The number of anilines is 2. The summed E-state index contributed by atoms with van der Waals surface area (Å²) >= 11 is 0. The topological polar surface area (TPSA) is 81.3 Å². The number of rotatable bonds is 4. The molecule has 0 unspecified atom stereocenters. The zero-order valence-corrected chi connectivity index (χ0v) is 18.7. The summed E-state index contributed by atoms with van der Waals surface area (Å²) in [7, 11) is 0. The predicted octanol–water partition coefficient (Wildman–Crippen LogP) is 4.20. The van der Waals surface area contributed by atoms with Crippen LogP contribution in [0.3, 0.4) is 0 Å². The molecule has 0 saturated carbocycles. The lowest BCUT2D eigenvalue weighted by Crippen LogP contribution is -2.50. The number of H-pyrrole nitrogens is 1. The van der Waals surface area contributed by atoms with Gasteiger partial charge in [-0.2, -0.15) is 5.10 Å². The van der Waals surface area contributed by atoms with E-state index in [1.165, 1.54) is 12.1 Å². The van der Waals surface area contributed by atoms with Crippen molar-refractivity contribution in [2.75, 3.05) is 16.8 Å². The molecular formula is C27H22FN5O2. The Morgan fingerprint density at radius 2 is 1.86 bits per heavy atom. The number of fused-ring (bicyclic) bond motifs is 2. The Bertz CT molecular complexity index is 1420. The number of carbonyl (C=O) groups excluding carboxylic acids is 2. The second-order valence-electron chi connectivity index (χ2n) is 8.76. The third-order valence-electron chi connectivity index (χ3n) is 6.62. The number of carbonyl (C=O) groups is 2. The van der Waals surface area contributed by atoms with Crippen LogP contribution in [0.25, 0.3) is 11.1 Å². The number of amides is 2. The van der Waals surface area contributed by atoms with Crippen LogP contribution in [-0.2, 0) is 17.9 Å². The summed E-state index contributed by atoms with van der Waals surface area (Å²) in [6.45, 7) is 0.840. The van der Waals surface area contributed by atoms with E-state index in [9.17, 15) is 14.0 Å². The van der Waals surface area contributed by atoms with Gasteiger partial charge in [0.05, 0.1) is 24.1 Å². The quantitative estimate of drug-likeness (QED) is 0.471. The highest BCUT2D eigenvalue weighted by molar-refractivity contribution is 6.07. The average molecular weight is 468 g/mol. The smallest absolute Gasteiger partial charge is 0.255 e. The highest BCUT2D eigenvalue weighted by atomic mass is 19.1. The number of halogens is 1. The van der Waals surface area contributed by atoms with Gasteiger partial charge in [0.2, 0.25) is 0 Å². The molecule has 0 fully saturated rings. The SMILES string of the molecule is O=C1[C@@H](N2Cc3ccc(-c4cn[nH]c4)cc3C2=O)CNc2ccc(F)cc2N1Cc1ccccc1. The molecule has 0 bridgehead atoms. The first-order chi connectivity index (χ1) is 17.1. The van der Waals surface area contributed by atoms with E-state index in [1.54, 1.807) is 28.3 Å². The molecule has 2 N–H and O–H groups in total. The van der Waals surface area contributed by atoms with Gasteiger partial charge in [-0.05, 0) is 41.0 Å². The molecule has 1 atom stereocenters. The lowest BCUT2D eigenvalue weighted by molar-refractivity contribution is -0.122. The molecule has 0 radical (unpaired) electrons. The molecule has 7 nitrogen and oxygen atoms in total. The van der Waals surface area contributed by atoms with E-state index in [0.29, 0.717) is 23.5 Å². The van der Waals surface area contributed by atoms with Crippen LogP contribution in [0.2, 0.25) is 0 Å². The highest BCUT2D eigenvalue weighted by Gasteiger charge is 2.40. The molecule has 3 heterocycles. The molecule has 0 spiro atoms. The van der Waals surface area contributed by atoms with Crippen molar-refractivity contribution in [1.29, 1.82) is 0 Å². The van der Waals surface area contributed by atoms with E-state index in [-0.39, 0.29) is 24.9 Å². The first-order valence-electron chi connectivity index (χ1n) is 11.4. The number of aromatic amines is 1. The van der Waals surface area contributed by atoms with Gasteiger partial charge in [0, 0.05) is 30.4 Å². The number of nitrogens with one attached hydrogen (secondary N) is 2. The van der Waals surface area contributed by atoms with Crippen molar-refractivity contribution in [3.63, 3.8) is 0 Å². The summed E-state index contributed by atoms with van der Waals surface area (Å²) < 4.78 is 14.2. The Hall–Kier alpha value is -4.46. The summed E-state index contributed by atoms with van der Waals surface area (Å²) in [5.74, 6) is -0.865. The van der Waals surface area contributed by atoms with Gasteiger partial charge in [-0.1, -0.05) is 42.5 Å². The van der Waals surface area contributed by atoms with Crippen LogP contribution in [0.4, 0.5) is 15.8 Å². The molecule has 8 heteroatoms. The fourth-order valence-electron chi connectivity index (χ4n) is 4.81. The molecule has 2 aliphatic heterocycles. The van der Waals surface area contributed by atoms with E-state index < -0.39 is 11.9 Å². The van der Waals surface area contributed by atoms with Gasteiger partial charge in [-0.25, -0.2) is 4.39 Å². The minimum absolute atomic E-state index is 0.192. The highest BCUT2D eigenvalue weighted by Crippen LogP contribution is 2.35. The fraction of sp³-hybridized carbons (Fsp3) is 0.148. The van der Waals surface area contributed by atoms with Crippen LogP contribution in [0.1, 0.15) is 21.5 Å². The van der Waals surface area contributed by atoms with Gasteiger partial charge in [-0.3, -0.25) is 14.7 Å². The van der Waals surface area contributed by atoms with E-state index in [1.807, 2.05) is 48.5 Å². The van der Waals surface area contributed by atoms with Crippen LogP contribution in [0.15, 0.2) is 79.1 Å². The third-order valence-corrected chi connectivity index (χ3v) is 6.62. The van der Waals surface area contributed by atoms with Crippen molar-refractivity contribution >= 4 is 23.2 Å². The van der Waals surface area contributed by atoms with Crippen molar-refractivity contribution in [3.8, 4) is 11.1 Å². The number of nitrogens with zero attached hydrogens (tertiary/aromatic N) is 3. The van der Waals surface area contributed by atoms with Gasteiger partial charge in [-0.15, -0.1) is 0 Å². The van der Waals surface area contributed by atoms with E-state index in [0.717, 1.165) is 22.3 Å². The van der Waals surface area contributed by atoms with Crippen LogP contribution < -0.4 is 10.2 Å². The Morgan fingerprint density at radius 3 is 2.66 bits per heavy atom. The molecule has 174 valence electrons. The molecule has 0 saturated heterocycles. The summed E-state index contributed by atoms with van der Waals surface area (Å²) in [4.78, 5) is 30.6. The van der Waals surface area contributed by atoms with Crippen molar-refractivity contribution in [2.45, 2.75) is 19.1 Å². The maximum absolute atomic E-state index is 14.2. The van der Waals surface area contributed by atoms with Crippen LogP contribution in [0.5, 0.6) is 0 Å². The summed E-state index contributed by atoms with van der Waals surface area (Å²) in [6, 6.07) is 18.9. The third kappa shape index (κ3) is 3.73. The minimum Gasteiger partial charge on any atom is -0.381 e. The molecule has 2 amide bonds. The van der Waals surface area contributed by atoms with Crippen molar-refractivity contribution in [1.82, 2.24) is 15.1 Å². The summed E-state index contributed by atoms with van der Waals surface area (Å²) in [5, 5.41) is 10.0. The van der Waals surface area contributed by atoms with Gasteiger partial charge in [0.25, 0.3) is 11.8 Å². The van der Waals surface area contributed by atoms with E-state index in [4.69, 9.17) is 0 Å². The van der Waals surface area contributed by atoms with Gasteiger partial charge < -0.3 is 15.1 Å². The Morgan fingerprint density at radius 1 is 1.00 bits per heavy atom. The molecule has 3 aromatic carbocycles. The summed E-state index contributed by atoms with van der Waals surface area (Å²) in [5.41, 5.74) is 5.26. The van der Waals surface area contributed by atoms with Crippen LogP contribution in [-0.4, -0.2) is 39.5 Å². The van der Waals surface area contributed by atoms with Crippen LogP contribution >= 0.6 is 0 Å². The zero-order valence-electron chi connectivity index (χ0n) is 18.7. The standard InChI is InChI=1S/C27H22FN5O2/c28-21-8-9-23-24(11-21)32(15-17-4-2-1-3-5-17)27(35)25(14-29-23)33-16-19-7-6-18(10-22(19)26(33)34)20-12-30-31-13-20/h1-13,25,29H,14-16H2,(H,30,31)/t25-/m0/s1. The predicted molar refractivity (Wildman–Crippen MR) is 130 cm³/mol. The molecule has 0 aliphatic carbocycles. The normalized spacial score (nSPS) is 17.1. The number of benzene rings is 3. The maximum atomic E-state index is 14.2. The Balaban J connectivity index is 1.35. The molecule has 1 aromatic heterocycles. The van der Waals surface area contributed by atoms with Gasteiger partial charge >= 0.3 is 0 Å². The van der Waals surface area contributed by atoms with E-state index >= 15 is 0 Å². The van der Waals surface area contributed by atoms with Crippen LogP contribution in [0, 0.1) is 5.82 Å². The summed E-state index contributed by atoms with van der Waals surface area (Å²) in [6.07, 6.45) is 3.48. The number of hydrogen-bond donors (Lipinski definition) is 2. The Labute approximate surface area is 201 Å². The molecular weight excluding hydrogens is 445 g/mol. The Kier molecular flexibility index (Phi) is 5.06. The monoisotopic (exact) mass is 467 g/mol. The second-order valence-corrected chi connectivity index (χ2v) is 8.76. The zero-order chi connectivity index (χ0) is 23.9. The second kappa shape index (κ2) is 8.39.